The lowest BCUT2D eigenvalue weighted by Gasteiger charge is -2.28. The van der Waals surface area contributed by atoms with E-state index >= 15 is 0 Å². The van der Waals surface area contributed by atoms with Gasteiger partial charge in [0.25, 0.3) is 5.91 Å². The second-order valence-corrected chi connectivity index (χ2v) is 4.40. The monoisotopic (exact) mass is 293 g/mol. The first-order valence-electron chi connectivity index (χ1n) is 5.68. The molecule has 1 rings (SSSR count). The highest BCUT2D eigenvalue weighted by molar-refractivity contribution is 5.98. The van der Waals surface area contributed by atoms with Crippen LogP contribution in [-0.4, -0.2) is 38.5 Å². The lowest BCUT2D eigenvalue weighted by Crippen LogP contribution is -2.61. The largest absolute Gasteiger partial charge is 0.479 e. The number of halogens is 3. The number of aromatic nitrogens is 2. The van der Waals surface area contributed by atoms with E-state index in [4.69, 9.17) is 5.11 Å². The third kappa shape index (κ3) is 2.75. The van der Waals surface area contributed by atoms with Crippen LogP contribution < -0.4 is 5.32 Å². The summed E-state index contributed by atoms with van der Waals surface area (Å²) < 4.78 is 39.7. The van der Waals surface area contributed by atoms with E-state index < -0.39 is 23.6 Å². The Morgan fingerprint density at radius 3 is 2.40 bits per heavy atom. The first-order valence-corrected chi connectivity index (χ1v) is 5.68. The number of alkyl halides is 3. The zero-order valence-corrected chi connectivity index (χ0v) is 11.1. The Bertz CT molecular complexity index is 539. The summed E-state index contributed by atoms with van der Waals surface area (Å²) in [5, 5.41) is 14.2. The molecule has 1 atom stereocenters. The summed E-state index contributed by atoms with van der Waals surface area (Å²) in [6.45, 7) is 2.08. The summed E-state index contributed by atoms with van der Waals surface area (Å²) in [7, 11) is 1.51. The standard InChI is InChI=1S/C11H14F3N3O3/c1-4-7-6(5-17(3)16-7)8(18)15-10(2,9(19)20)11(12,13)14/h5H,4H2,1-3H3,(H,15,18)(H,19,20). The van der Waals surface area contributed by atoms with Crippen LogP contribution in [0.5, 0.6) is 0 Å². The zero-order valence-electron chi connectivity index (χ0n) is 11.1. The van der Waals surface area contributed by atoms with Crippen molar-refractivity contribution in [2.24, 2.45) is 7.05 Å². The van der Waals surface area contributed by atoms with E-state index in [0.29, 0.717) is 19.0 Å². The number of hydrogen-bond donors (Lipinski definition) is 2. The molecule has 0 spiro atoms. The van der Waals surface area contributed by atoms with E-state index in [2.05, 4.69) is 5.10 Å². The molecule has 1 amide bonds. The van der Waals surface area contributed by atoms with Crippen molar-refractivity contribution in [1.29, 1.82) is 0 Å². The van der Waals surface area contributed by atoms with Crippen molar-refractivity contribution in [3.05, 3.63) is 17.5 Å². The van der Waals surface area contributed by atoms with E-state index in [1.54, 1.807) is 6.92 Å². The third-order valence-electron chi connectivity index (χ3n) is 2.84. The molecular formula is C11H14F3N3O3. The molecule has 0 aromatic carbocycles. The normalized spacial score (nSPS) is 14.7. The van der Waals surface area contributed by atoms with Gasteiger partial charge in [0.1, 0.15) is 0 Å². The van der Waals surface area contributed by atoms with Gasteiger partial charge in [-0.25, -0.2) is 4.79 Å². The number of nitrogens with one attached hydrogen (secondary N) is 1. The molecule has 0 aliphatic rings. The fourth-order valence-corrected chi connectivity index (χ4v) is 1.53. The van der Waals surface area contributed by atoms with Crippen LogP contribution in [0.3, 0.4) is 0 Å². The van der Waals surface area contributed by atoms with Crippen LogP contribution in [0.25, 0.3) is 0 Å². The fourth-order valence-electron chi connectivity index (χ4n) is 1.53. The number of carboxylic acids is 1. The van der Waals surface area contributed by atoms with Gasteiger partial charge in [-0.05, 0) is 13.3 Å². The van der Waals surface area contributed by atoms with Crippen molar-refractivity contribution in [3.63, 3.8) is 0 Å². The molecular weight excluding hydrogens is 279 g/mol. The first-order chi connectivity index (χ1) is 9.02. The van der Waals surface area contributed by atoms with Gasteiger partial charge in [-0.3, -0.25) is 9.48 Å². The molecule has 112 valence electrons. The van der Waals surface area contributed by atoms with Gasteiger partial charge in [-0.15, -0.1) is 0 Å². The number of nitrogens with zero attached hydrogens (tertiary/aromatic N) is 2. The van der Waals surface area contributed by atoms with Crippen molar-refractivity contribution in [3.8, 4) is 0 Å². The highest BCUT2D eigenvalue weighted by Gasteiger charge is 2.58. The average molecular weight is 293 g/mol. The minimum Gasteiger partial charge on any atom is -0.479 e. The van der Waals surface area contributed by atoms with Crippen LogP contribution in [0.15, 0.2) is 6.20 Å². The molecule has 9 heteroatoms. The summed E-state index contributed by atoms with van der Waals surface area (Å²) in [5.41, 5.74) is -3.14. The molecule has 0 saturated heterocycles. The summed E-state index contributed by atoms with van der Waals surface area (Å²) in [6.07, 6.45) is -3.55. The smallest absolute Gasteiger partial charge is 0.422 e. The number of carboxylic acid groups (broad SMARTS) is 1. The number of carbonyl (C=O) groups is 2. The summed E-state index contributed by atoms with van der Waals surface area (Å²) in [5.74, 6) is -3.31. The molecule has 2 N–H and O–H groups in total. The van der Waals surface area contributed by atoms with Crippen LogP contribution in [0.4, 0.5) is 13.2 Å². The minimum atomic E-state index is -5.12. The number of aryl methyl sites for hydroxylation is 2. The Kier molecular flexibility index (Phi) is 4.11. The van der Waals surface area contributed by atoms with Crippen molar-refractivity contribution in [1.82, 2.24) is 15.1 Å². The van der Waals surface area contributed by atoms with Crippen LogP contribution in [0, 0.1) is 0 Å². The highest BCUT2D eigenvalue weighted by Crippen LogP contribution is 2.30. The Hall–Kier alpha value is -2.06. The van der Waals surface area contributed by atoms with E-state index in [1.807, 2.05) is 0 Å². The molecule has 0 saturated carbocycles. The molecule has 1 aromatic heterocycles. The second kappa shape index (κ2) is 5.14. The van der Waals surface area contributed by atoms with Gasteiger partial charge in [0.2, 0.25) is 5.54 Å². The fraction of sp³-hybridized carbons (Fsp3) is 0.545. The van der Waals surface area contributed by atoms with Gasteiger partial charge < -0.3 is 10.4 Å². The Morgan fingerprint density at radius 2 is 2.00 bits per heavy atom. The van der Waals surface area contributed by atoms with Gasteiger partial charge in [-0.2, -0.15) is 18.3 Å². The third-order valence-corrected chi connectivity index (χ3v) is 2.84. The van der Waals surface area contributed by atoms with E-state index in [0.717, 1.165) is 0 Å². The predicted molar refractivity (Wildman–Crippen MR) is 62.1 cm³/mol. The average Bonchev–Trinajstić information content (AvgIpc) is 2.68. The lowest BCUT2D eigenvalue weighted by molar-refractivity contribution is -0.203. The van der Waals surface area contributed by atoms with Gasteiger partial charge in [0.05, 0.1) is 11.3 Å². The number of rotatable bonds is 4. The molecule has 1 unspecified atom stereocenters. The molecule has 0 aliphatic carbocycles. The van der Waals surface area contributed by atoms with Gasteiger partial charge in [-0.1, -0.05) is 6.92 Å². The Balaban J connectivity index is 3.13. The quantitative estimate of drug-likeness (QED) is 0.871. The maximum atomic E-state index is 12.8. The maximum Gasteiger partial charge on any atom is 0.422 e. The zero-order chi connectivity index (χ0) is 15.7. The van der Waals surface area contributed by atoms with Gasteiger partial charge in [0.15, 0.2) is 0 Å². The second-order valence-electron chi connectivity index (χ2n) is 4.40. The summed E-state index contributed by atoms with van der Waals surface area (Å²) >= 11 is 0. The number of aliphatic carboxylic acids is 1. The minimum absolute atomic E-state index is 0.0771. The van der Waals surface area contributed by atoms with E-state index in [1.165, 1.54) is 23.2 Å². The van der Waals surface area contributed by atoms with Crippen LogP contribution >= 0.6 is 0 Å². The number of hydrogen-bond acceptors (Lipinski definition) is 3. The van der Waals surface area contributed by atoms with E-state index in [-0.39, 0.29) is 5.56 Å². The maximum absolute atomic E-state index is 12.8. The Labute approximate surface area is 112 Å². The van der Waals surface area contributed by atoms with Crippen LogP contribution in [0.2, 0.25) is 0 Å². The summed E-state index contributed by atoms with van der Waals surface area (Å²) in [6, 6.07) is 0. The molecule has 1 aromatic rings. The SMILES string of the molecule is CCc1nn(C)cc1C(=O)NC(C)(C(=O)O)C(F)(F)F. The molecule has 0 aliphatic heterocycles. The van der Waals surface area contributed by atoms with Crippen molar-refractivity contribution in [2.75, 3.05) is 0 Å². The predicted octanol–water partition coefficient (Wildman–Crippen LogP) is 1.12. The van der Waals surface area contributed by atoms with Gasteiger partial charge >= 0.3 is 12.1 Å². The summed E-state index contributed by atoms with van der Waals surface area (Å²) in [4.78, 5) is 22.7. The first kappa shape index (κ1) is 16.0. The van der Waals surface area contributed by atoms with Crippen LogP contribution in [0.1, 0.15) is 29.9 Å². The lowest BCUT2D eigenvalue weighted by atomic mass is 10.0. The van der Waals surface area contributed by atoms with Gasteiger partial charge in [0, 0.05) is 13.2 Å². The van der Waals surface area contributed by atoms with Crippen LogP contribution in [-0.2, 0) is 18.3 Å². The molecule has 6 nitrogen and oxygen atoms in total. The molecule has 0 bridgehead atoms. The molecule has 0 fully saturated rings. The molecule has 0 radical (unpaired) electrons. The van der Waals surface area contributed by atoms with E-state index in [9.17, 15) is 22.8 Å². The highest BCUT2D eigenvalue weighted by atomic mass is 19.4. The van der Waals surface area contributed by atoms with Crippen molar-refractivity contribution < 1.29 is 27.9 Å². The van der Waals surface area contributed by atoms with Crippen molar-refractivity contribution in [2.45, 2.75) is 32.0 Å². The number of amides is 1. The number of carbonyl (C=O) groups excluding carboxylic acids is 1. The molecule has 1 heterocycles. The Morgan fingerprint density at radius 1 is 1.45 bits per heavy atom. The molecule has 20 heavy (non-hydrogen) atoms. The van der Waals surface area contributed by atoms with Crippen molar-refractivity contribution >= 4 is 11.9 Å². The topological polar surface area (TPSA) is 84.2 Å².